The molecule has 0 N–H and O–H groups in total. The van der Waals surface area contributed by atoms with E-state index < -0.39 is 9.84 Å². The van der Waals surface area contributed by atoms with Crippen LogP contribution in [0.25, 0.3) is 22.0 Å². The molecule has 0 atom stereocenters. The standard InChI is InChI=1S/C18H15NO2S/c20-22(21)11-10-17-15(12-22)18(13-6-2-1-3-7-13)14-8-4-5-9-16(14)19-17/h1-9H,10-12H2. The van der Waals surface area contributed by atoms with Gasteiger partial charge in [0.25, 0.3) is 0 Å². The van der Waals surface area contributed by atoms with E-state index in [1.54, 1.807) is 0 Å². The van der Waals surface area contributed by atoms with Crippen LogP contribution in [0, 0.1) is 0 Å². The fourth-order valence-corrected chi connectivity index (χ4v) is 4.54. The molecule has 4 heteroatoms. The average molecular weight is 309 g/mol. The minimum Gasteiger partial charge on any atom is -0.252 e. The highest BCUT2D eigenvalue weighted by Crippen LogP contribution is 2.36. The smallest absolute Gasteiger partial charge is 0.154 e. The predicted octanol–water partition coefficient (Wildman–Crippen LogP) is 3.37. The Hall–Kier alpha value is -2.20. The van der Waals surface area contributed by atoms with Gasteiger partial charge < -0.3 is 0 Å². The monoisotopic (exact) mass is 309 g/mol. The van der Waals surface area contributed by atoms with E-state index in [-0.39, 0.29) is 11.5 Å². The first-order valence-electron chi connectivity index (χ1n) is 7.30. The van der Waals surface area contributed by atoms with Gasteiger partial charge in [0.15, 0.2) is 9.84 Å². The summed E-state index contributed by atoms with van der Waals surface area (Å²) in [5.41, 5.74) is 4.79. The number of nitrogens with zero attached hydrogens (tertiary/aromatic N) is 1. The maximum atomic E-state index is 12.1. The van der Waals surface area contributed by atoms with Crippen molar-refractivity contribution in [3.63, 3.8) is 0 Å². The molecule has 3 aromatic rings. The van der Waals surface area contributed by atoms with Crippen LogP contribution in [-0.2, 0) is 22.0 Å². The summed E-state index contributed by atoms with van der Waals surface area (Å²) in [4.78, 5) is 4.70. The zero-order valence-electron chi connectivity index (χ0n) is 12.0. The van der Waals surface area contributed by atoms with E-state index in [0.29, 0.717) is 6.42 Å². The number of aromatic nitrogens is 1. The summed E-state index contributed by atoms with van der Waals surface area (Å²) in [6.07, 6.45) is 0.502. The molecule has 0 spiro atoms. The Morgan fingerprint density at radius 2 is 1.64 bits per heavy atom. The van der Waals surface area contributed by atoms with Crippen molar-refractivity contribution in [2.45, 2.75) is 12.2 Å². The fraction of sp³-hybridized carbons (Fsp3) is 0.167. The lowest BCUT2D eigenvalue weighted by Crippen LogP contribution is -2.21. The molecule has 4 rings (SSSR count). The number of sulfone groups is 1. The van der Waals surface area contributed by atoms with Crippen LogP contribution in [0.5, 0.6) is 0 Å². The van der Waals surface area contributed by atoms with Crippen LogP contribution < -0.4 is 0 Å². The number of fused-ring (bicyclic) bond motifs is 2. The summed E-state index contributed by atoms with van der Waals surface area (Å²) < 4.78 is 24.2. The van der Waals surface area contributed by atoms with Gasteiger partial charge in [-0.15, -0.1) is 0 Å². The molecule has 0 bridgehead atoms. The number of para-hydroxylation sites is 1. The van der Waals surface area contributed by atoms with Gasteiger partial charge in [-0.1, -0.05) is 48.5 Å². The first kappa shape index (κ1) is 13.5. The van der Waals surface area contributed by atoms with Crippen LogP contribution in [0.4, 0.5) is 0 Å². The number of hydrogen-bond acceptors (Lipinski definition) is 3. The van der Waals surface area contributed by atoms with Crippen molar-refractivity contribution < 1.29 is 8.42 Å². The van der Waals surface area contributed by atoms with Gasteiger partial charge in [-0.25, -0.2) is 8.42 Å². The lowest BCUT2D eigenvalue weighted by atomic mass is 9.94. The first-order chi connectivity index (χ1) is 10.6. The Labute approximate surface area is 129 Å². The predicted molar refractivity (Wildman–Crippen MR) is 88.4 cm³/mol. The number of rotatable bonds is 1. The third kappa shape index (κ3) is 2.20. The SMILES string of the molecule is O=S1(=O)CCc2nc3ccccc3c(-c3ccccc3)c2C1. The second-order valence-corrected chi connectivity index (χ2v) is 7.82. The first-order valence-corrected chi connectivity index (χ1v) is 9.12. The van der Waals surface area contributed by atoms with Gasteiger partial charge in [0, 0.05) is 17.5 Å². The van der Waals surface area contributed by atoms with E-state index in [1.165, 1.54) is 0 Å². The third-order valence-corrected chi connectivity index (χ3v) is 5.71. The van der Waals surface area contributed by atoms with Crippen molar-refractivity contribution in [3.05, 3.63) is 65.9 Å². The second-order valence-electron chi connectivity index (χ2n) is 5.64. The molecule has 0 aliphatic carbocycles. The van der Waals surface area contributed by atoms with Gasteiger partial charge in [0.1, 0.15) is 0 Å². The highest BCUT2D eigenvalue weighted by atomic mass is 32.2. The molecule has 0 saturated heterocycles. The topological polar surface area (TPSA) is 47.0 Å². The lowest BCUT2D eigenvalue weighted by Gasteiger charge is -2.21. The normalized spacial score (nSPS) is 16.4. The summed E-state index contributed by atoms with van der Waals surface area (Å²) in [5, 5.41) is 1.02. The van der Waals surface area contributed by atoms with Gasteiger partial charge in [-0.2, -0.15) is 0 Å². The van der Waals surface area contributed by atoms with E-state index in [9.17, 15) is 8.42 Å². The Bertz CT molecular complexity index is 963. The van der Waals surface area contributed by atoms with Crippen molar-refractivity contribution in [2.24, 2.45) is 0 Å². The van der Waals surface area contributed by atoms with Gasteiger partial charge in [0.2, 0.25) is 0 Å². The van der Waals surface area contributed by atoms with Crippen LogP contribution in [0.1, 0.15) is 11.3 Å². The summed E-state index contributed by atoms with van der Waals surface area (Å²) in [6, 6.07) is 17.9. The molecule has 0 unspecified atom stereocenters. The minimum atomic E-state index is -3.04. The second kappa shape index (κ2) is 4.92. The Kier molecular flexibility index (Phi) is 3.01. The van der Waals surface area contributed by atoms with Crippen LogP contribution in [0.3, 0.4) is 0 Å². The van der Waals surface area contributed by atoms with Crippen molar-refractivity contribution in [3.8, 4) is 11.1 Å². The number of aryl methyl sites for hydroxylation is 1. The maximum Gasteiger partial charge on any atom is 0.154 e. The maximum absolute atomic E-state index is 12.1. The van der Waals surface area contributed by atoms with Crippen molar-refractivity contribution in [1.29, 1.82) is 0 Å². The zero-order chi connectivity index (χ0) is 15.2. The molecule has 0 radical (unpaired) electrons. The van der Waals surface area contributed by atoms with Gasteiger partial charge in [-0.05, 0) is 22.8 Å². The van der Waals surface area contributed by atoms with Gasteiger partial charge in [-0.3, -0.25) is 4.98 Å². The van der Waals surface area contributed by atoms with Crippen LogP contribution in [0.15, 0.2) is 54.6 Å². The molecule has 1 aliphatic heterocycles. The molecule has 1 aromatic heterocycles. The lowest BCUT2D eigenvalue weighted by molar-refractivity contribution is 0.591. The van der Waals surface area contributed by atoms with Crippen LogP contribution >= 0.6 is 0 Å². The van der Waals surface area contributed by atoms with E-state index in [4.69, 9.17) is 4.98 Å². The minimum absolute atomic E-state index is 0.0877. The molecule has 2 heterocycles. The zero-order valence-corrected chi connectivity index (χ0v) is 12.8. The molecule has 0 saturated carbocycles. The fourth-order valence-electron chi connectivity index (χ4n) is 3.14. The van der Waals surface area contributed by atoms with Crippen LogP contribution in [-0.4, -0.2) is 19.2 Å². The van der Waals surface area contributed by atoms with Gasteiger partial charge >= 0.3 is 0 Å². The van der Waals surface area contributed by atoms with E-state index >= 15 is 0 Å². The molecule has 22 heavy (non-hydrogen) atoms. The molecule has 0 fully saturated rings. The van der Waals surface area contributed by atoms with E-state index in [2.05, 4.69) is 0 Å². The highest BCUT2D eigenvalue weighted by Gasteiger charge is 2.26. The van der Waals surface area contributed by atoms with Crippen LogP contribution in [0.2, 0.25) is 0 Å². The molecular weight excluding hydrogens is 294 g/mol. The Morgan fingerprint density at radius 1 is 0.909 bits per heavy atom. The molecular formula is C18H15NO2S. The Balaban J connectivity index is 2.11. The average Bonchev–Trinajstić information content (AvgIpc) is 2.53. The summed E-state index contributed by atoms with van der Waals surface area (Å²) in [7, 11) is -3.04. The van der Waals surface area contributed by atoms with Crippen molar-refractivity contribution in [1.82, 2.24) is 4.98 Å². The quantitative estimate of drug-likeness (QED) is 0.692. The van der Waals surface area contributed by atoms with E-state index in [0.717, 1.165) is 33.3 Å². The van der Waals surface area contributed by atoms with Gasteiger partial charge in [0.05, 0.1) is 17.0 Å². The third-order valence-electron chi connectivity index (χ3n) is 4.16. The molecule has 110 valence electrons. The summed E-state index contributed by atoms with van der Waals surface area (Å²) in [5.74, 6) is 0.282. The van der Waals surface area contributed by atoms with Crippen molar-refractivity contribution in [2.75, 3.05) is 5.75 Å². The number of pyridine rings is 1. The number of hydrogen-bond donors (Lipinski definition) is 0. The molecule has 2 aromatic carbocycles. The molecule has 0 amide bonds. The Morgan fingerprint density at radius 3 is 2.45 bits per heavy atom. The van der Waals surface area contributed by atoms with E-state index in [1.807, 2.05) is 54.6 Å². The number of benzene rings is 2. The highest BCUT2D eigenvalue weighted by molar-refractivity contribution is 7.90. The summed E-state index contributed by atoms with van der Waals surface area (Å²) >= 11 is 0. The van der Waals surface area contributed by atoms with Crippen molar-refractivity contribution >= 4 is 20.7 Å². The summed E-state index contributed by atoms with van der Waals surface area (Å²) in [6.45, 7) is 0. The molecule has 3 nitrogen and oxygen atoms in total. The largest absolute Gasteiger partial charge is 0.252 e. The molecule has 1 aliphatic rings.